The maximum Gasteiger partial charge on any atom is 0.237 e. The van der Waals surface area contributed by atoms with E-state index in [1.807, 2.05) is 72.1 Å². The average Bonchev–Trinajstić information content (AvgIpc) is 3.14. The third-order valence-corrected chi connectivity index (χ3v) is 4.03. The highest BCUT2D eigenvalue weighted by Gasteiger charge is 2.11. The summed E-state index contributed by atoms with van der Waals surface area (Å²) in [7, 11) is 1.92. The van der Waals surface area contributed by atoms with Crippen molar-refractivity contribution in [3.05, 3.63) is 73.1 Å². The van der Waals surface area contributed by atoms with E-state index in [2.05, 4.69) is 24.9 Å². The summed E-state index contributed by atoms with van der Waals surface area (Å²) in [5.41, 5.74) is 0.972. The van der Waals surface area contributed by atoms with Gasteiger partial charge in [0, 0.05) is 37.4 Å². The average molecular weight is 343 g/mol. The Morgan fingerprint density at radius 2 is 1.54 bits per heavy atom. The van der Waals surface area contributed by atoms with Gasteiger partial charge in [-0.1, -0.05) is 30.3 Å². The fourth-order valence-electron chi connectivity index (χ4n) is 2.61. The van der Waals surface area contributed by atoms with Gasteiger partial charge in [0.05, 0.1) is 0 Å². The van der Waals surface area contributed by atoms with Gasteiger partial charge in [-0.3, -0.25) is 4.57 Å². The molecule has 0 atom stereocenters. The summed E-state index contributed by atoms with van der Waals surface area (Å²) in [4.78, 5) is 24.1. The lowest BCUT2D eigenvalue weighted by atomic mass is 10.2. The summed E-state index contributed by atoms with van der Waals surface area (Å²) < 4.78 is 1.84. The number of hydrogen-bond donors (Lipinski definition) is 0. The molecule has 1 aromatic carbocycles. The molecule has 128 valence electrons. The molecule has 0 radical (unpaired) electrons. The van der Waals surface area contributed by atoms with Gasteiger partial charge in [0.25, 0.3) is 0 Å². The molecule has 0 aliphatic rings. The van der Waals surface area contributed by atoms with Crippen molar-refractivity contribution in [3.8, 4) is 17.3 Å². The Bertz CT molecular complexity index is 1030. The van der Waals surface area contributed by atoms with Crippen molar-refractivity contribution in [2.24, 2.45) is 0 Å². The molecule has 3 heterocycles. The molecule has 7 nitrogen and oxygen atoms in total. The molecule has 0 saturated carbocycles. The largest absolute Gasteiger partial charge is 0.314 e. The summed E-state index contributed by atoms with van der Waals surface area (Å²) in [6.07, 6.45) is 7.05. The number of aryl methyl sites for hydroxylation is 1. The van der Waals surface area contributed by atoms with Crippen LogP contribution in [-0.4, -0.2) is 36.5 Å². The fourth-order valence-corrected chi connectivity index (χ4v) is 2.61. The fraction of sp³-hybridized carbons (Fsp3) is 0.105. The Balaban J connectivity index is 1.68. The molecule has 0 aliphatic carbocycles. The highest BCUT2D eigenvalue weighted by Crippen LogP contribution is 2.22. The maximum absolute atomic E-state index is 4.66. The summed E-state index contributed by atoms with van der Waals surface area (Å²) >= 11 is 0. The van der Waals surface area contributed by atoms with Crippen molar-refractivity contribution >= 4 is 11.6 Å². The van der Waals surface area contributed by atoms with Crippen LogP contribution in [0.1, 0.15) is 5.82 Å². The summed E-state index contributed by atoms with van der Waals surface area (Å²) in [5.74, 6) is 3.57. The minimum Gasteiger partial charge on any atom is -0.314 e. The second-order valence-corrected chi connectivity index (χ2v) is 5.72. The van der Waals surface area contributed by atoms with Crippen LogP contribution in [0.15, 0.2) is 67.3 Å². The Morgan fingerprint density at radius 3 is 2.27 bits per heavy atom. The molecule has 0 amide bonds. The first kappa shape index (κ1) is 15.9. The molecule has 0 unspecified atom stereocenters. The second kappa shape index (κ2) is 6.72. The van der Waals surface area contributed by atoms with Gasteiger partial charge in [-0.15, -0.1) is 0 Å². The third kappa shape index (κ3) is 3.02. The van der Waals surface area contributed by atoms with Crippen LogP contribution in [0, 0.1) is 6.92 Å². The molecule has 0 saturated heterocycles. The van der Waals surface area contributed by atoms with Crippen molar-refractivity contribution < 1.29 is 0 Å². The summed E-state index contributed by atoms with van der Waals surface area (Å²) in [6, 6.07) is 13.6. The zero-order valence-corrected chi connectivity index (χ0v) is 14.5. The monoisotopic (exact) mass is 343 g/mol. The van der Waals surface area contributed by atoms with Crippen LogP contribution < -0.4 is 4.90 Å². The Kier molecular flexibility index (Phi) is 4.10. The first-order valence-corrected chi connectivity index (χ1v) is 8.18. The quantitative estimate of drug-likeness (QED) is 0.567. The van der Waals surface area contributed by atoms with E-state index >= 15 is 0 Å². The minimum atomic E-state index is 0.571. The number of rotatable bonds is 4. The third-order valence-electron chi connectivity index (χ3n) is 4.03. The van der Waals surface area contributed by atoms with Gasteiger partial charge >= 0.3 is 0 Å². The number of aromatic nitrogens is 6. The molecule has 3 aromatic heterocycles. The molecule has 0 aliphatic heterocycles. The van der Waals surface area contributed by atoms with E-state index in [4.69, 9.17) is 0 Å². The van der Waals surface area contributed by atoms with Gasteiger partial charge in [-0.05, 0) is 19.1 Å². The van der Waals surface area contributed by atoms with Crippen molar-refractivity contribution in [1.82, 2.24) is 29.5 Å². The second-order valence-electron chi connectivity index (χ2n) is 5.72. The molecule has 26 heavy (non-hydrogen) atoms. The van der Waals surface area contributed by atoms with E-state index in [1.165, 1.54) is 0 Å². The van der Waals surface area contributed by atoms with Crippen LogP contribution in [0.5, 0.6) is 0 Å². The standard InChI is InChI=1S/C19H17N7/c1-14-20-12-13-26(14)19-22-11-9-17(24-19)25(2)16-8-10-21-18(23-16)15-6-4-3-5-7-15/h3-13H,1-2H3. The predicted octanol–water partition coefficient (Wildman–Crippen LogP) is 3.20. The van der Waals surface area contributed by atoms with E-state index in [0.717, 1.165) is 23.0 Å². The maximum atomic E-state index is 4.66. The molecule has 0 bridgehead atoms. The van der Waals surface area contributed by atoms with E-state index in [-0.39, 0.29) is 0 Å². The van der Waals surface area contributed by atoms with Crippen molar-refractivity contribution in [3.63, 3.8) is 0 Å². The number of hydrogen-bond acceptors (Lipinski definition) is 6. The lowest BCUT2D eigenvalue weighted by molar-refractivity contribution is 0.875. The molecule has 0 N–H and O–H groups in total. The zero-order valence-electron chi connectivity index (χ0n) is 14.5. The predicted molar refractivity (Wildman–Crippen MR) is 99.4 cm³/mol. The van der Waals surface area contributed by atoms with Crippen LogP contribution in [0.2, 0.25) is 0 Å². The normalized spacial score (nSPS) is 10.7. The van der Waals surface area contributed by atoms with Crippen LogP contribution >= 0.6 is 0 Å². The van der Waals surface area contributed by atoms with Gasteiger partial charge in [0.2, 0.25) is 5.95 Å². The van der Waals surface area contributed by atoms with Crippen molar-refractivity contribution in [1.29, 1.82) is 0 Å². The zero-order chi connectivity index (χ0) is 17.9. The molecule has 0 spiro atoms. The first-order valence-electron chi connectivity index (χ1n) is 8.18. The van der Waals surface area contributed by atoms with Crippen molar-refractivity contribution in [2.75, 3.05) is 11.9 Å². The first-order chi connectivity index (χ1) is 12.7. The summed E-state index contributed by atoms with van der Waals surface area (Å²) in [5, 5.41) is 0. The number of anilines is 2. The number of nitrogens with zero attached hydrogens (tertiary/aromatic N) is 7. The lowest BCUT2D eigenvalue weighted by Crippen LogP contribution is -2.15. The van der Waals surface area contributed by atoms with E-state index in [0.29, 0.717) is 11.8 Å². The Hall–Kier alpha value is -3.61. The van der Waals surface area contributed by atoms with Crippen molar-refractivity contribution in [2.45, 2.75) is 6.92 Å². The van der Waals surface area contributed by atoms with E-state index in [1.54, 1.807) is 18.6 Å². The summed E-state index contributed by atoms with van der Waals surface area (Å²) in [6.45, 7) is 1.91. The van der Waals surface area contributed by atoms with Gasteiger partial charge in [-0.2, -0.15) is 4.98 Å². The van der Waals surface area contributed by atoms with Gasteiger partial charge in [0.1, 0.15) is 17.5 Å². The number of imidazole rings is 1. The molecule has 0 fully saturated rings. The van der Waals surface area contributed by atoms with Crippen LogP contribution in [0.3, 0.4) is 0 Å². The lowest BCUT2D eigenvalue weighted by Gasteiger charge is -2.18. The number of benzene rings is 1. The Morgan fingerprint density at radius 1 is 0.808 bits per heavy atom. The smallest absolute Gasteiger partial charge is 0.237 e. The molecule has 4 aromatic rings. The minimum absolute atomic E-state index is 0.571. The van der Waals surface area contributed by atoms with Crippen LogP contribution in [0.4, 0.5) is 11.6 Å². The van der Waals surface area contributed by atoms with Gasteiger partial charge in [-0.25, -0.2) is 19.9 Å². The van der Waals surface area contributed by atoms with Gasteiger partial charge < -0.3 is 4.90 Å². The topological polar surface area (TPSA) is 72.6 Å². The molecule has 4 rings (SSSR count). The highest BCUT2D eigenvalue weighted by atomic mass is 15.3. The molecular formula is C19H17N7. The van der Waals surface area contributed by atoms with Gasteiger partial charge in [0.15, 0.2) is 5.82 Å². The van der Waals surface area contributed by atoms with Crippen LogP contribution in [0.25, 0.3) is 17.3 Å². The van der Waals surface area contributed by atoms with Crippen LogP contribution in [-0.2, 0) is 0 Å². The molecule has 7 heteroatoms. The van der Waals surface area contributed by atoms with E-state index in [9.17, 15) is 0 Å². The van der Waals surface area contributed by atoms with E-state index < -0.39 is 0 Å². The SMILES string of the molecule is Cc1nccn1-c1nccc(N(C)c2ccnc(-c3ccccc3)n2)n1. The highest BCUT2D eigenvalue weighted by molar-refractivity contribution is 5.60. The molecular weight excluding hydrogens is 326 g/mol. The Labute approximate surface area is 151 Å².